The van der Waals surface area contributed by atoms with E-state index in [4.69, 9.17) is 53.8 Å². The first kappa shape index (κ1) is 40.5. The van der Waals surface area contributed by atoms with E-state index in [0.717, 1.165) is 25.7 Å². The van der Waals surface area contributed by atoms with Crippen LogP contribution in [0.4, 0.5) is 15.4 Å². The molecule has 0 spiro atoms. The predicted octanol–water partition coefficient (Wildman–Crippen LogP) is 4.90. The monoisotopic (exact) mass is 765 g/mol. The van der Waals surface area contributed by atoms with Crippen molar-refractivity contribution < 1.29 is 66.3 Å². The van der Waals surface area contributed by atoms with Crippen molar-refractivity contribution in [1.82, 2.24) is 19.5 Å². The lowest BCUT2D eigenvalue weighted by Gasteiger charge is -2.23. The number of carbonyl (C=O) groups excluding carboxylic acids is 3. The lowest BCUT2D eigenvalue weighted by Crippen LogP contribution is -2.39. The molecule has 286 valence electrons. The SMILES string of the molecule is CC(C)OC(=O)OCOP(=O)(COCC1OC(n2cnc3c(NC4CCCC4)nc(Cl)nc32)C(O)C1OC(=O)C(C)C)OCOC(=O)OC(C)C. The summed E-state index contributed by atoms with van der Waals surface area (Å²) in [7, 11) is -4.32. The number of aromatic nitrogens is 4. The maximum absolute atomic E-state index is 13.5. The molecule has 4 atom stereocenters. The standard InChI is InChI=1S/C30H45ClN5O14P/c1-16(2)27(38)50-23-20(11-42-15-51(41,45-13-43-29(39)47-17(3)4)46-14-44-30(40)48-18(5)6)49-26(22(23)37)36-12-32-21-24(33-19-9-7-8-10-19)34-28(31)35-25(21)36/h12,16-20,22-23,26,37H,7-11,13-15H2,1-6H3,(H,33,34,35). The van der Waals surface area contributed by atoms with Crippen molar-refractivity contribution in [1.29, 1.82) is 0 Å². The van der Waals surface area contributed by atoms with Crippen LogP contribution in [0.15, 0.2) is 6.33 Å². The molecule has 0 amide bonds. The van der Waals surface area contributed by atoms with Crippen LogP contribution in [-0.2, 0) is 51.6 Å². The van der Waals surface area contributed by atoms with Crippen molar-refractivity contribution in [2.75, 3.05) is 31.9 Å². The Bertz CT molecular complexity index is 1510. The Kier molecular flexibility index (Phi) is 14.6. The Labute approximate surface area is 299 Å². The van der Waals surface area contributed by atoms with Gasteiger partial charge in [-0.1, -0.05) is 26.7 Å². The van der Waals surface area contributed by atoms with Crippen LogP contribution in [0.5, 0.6) is 0 Å². The second-order valence-corrected chi connectivity index (χ2v) is 15.0. The largest absolute Gasteiger partial charge is 0.510 e. The maximum Gasteiger partial charge on any atom is 0.510 e. The number of ether oxygens (including phenoxy) is 7. The molecule has 4 rings (SSSR count). The molecule has 2 fully saturated rings. The summed E-state index contributed by atoms with van der Waals surface area (Å²) in [6.07, 6.45) is -3.45. The average Bonchev–Trinajstić information content (AvgIpc) is 3.77. The van der Waals surface area contributed by atoms with E-state index in [1.54, 1.807) is 41.5 Å². The van der Waals surface area contributed by atoms with E-state index in [2.05, 4.69) is 20.3 Å². The van der Waals surface area contributed by atoms with E-state index in [-0.39, 0.29) is 17.0 Å². The molecule has 51 heavy (non-hydrogen) atoms. The Morgan fingerprint density at radius 2 is 1.63 bits per heavy atom. The second kappa shape index (κ2) is 18.4. The number of aliphatic hydroxyl groups excluding tert-OH is 1. The molecule has 2 aromatic rings. The summed E-state index contributed by atoms with van der Waals surface area (Å²) in [6, 6.07) is 0.198. The van der Waals surface area contributed by atoms with E-state index in [9.17, 15) is 24.1 Å². The average molecular weight is 766 g/mol. The molecule has 1 aliphatic heterocycles. The molecule has 2 N–H and O–H groups in total. The molecule has 1 saturated carbocycles. The molecular weight excluding hydrogens is 721 g/mol. The van der Waals surface area contributed by atoms with E-state index < -0.39 is 95.1 Å². The van der Waals surface area contributed by atoms with Crippen molar-refractivity contribution in [3.05, 3.63) is 11.6 Å². The molecule has 1 saturated heterocycles. The Morgan fingerprint density at radius 3 is 2.20 bits per heavy atom. The fourth-order valence-corrected chi connectivity index (χ4v) is 6.24. The minimum atomic E-state index is -4.32. The topological polar surface area (TPSA) is 227 Å². The van der Waals surface area contributed by atoms with Crippen LogP contribution in [0.2, 0.25) is 5.28 Å². The molecule has 3 heterocycles. The number of anilines is 1. The van der Waals surface area contributed by atoms with Gasteiger partial charge in [-0.05, 0) is 52.1 Å². The van der Waals surface area contributed by atoms with Crippen LogP contribution in [0.3, 0.4) is 0 Å². The van der Waals surface area contributed by atoms with E-state index in [0.29, 0.717) is 11.3 Å². The number of rotatable bonds is 17. The number of aliphatic hydroxyl groups is 1. The number of carbonyl (C=O) groups is 3. The normalized spacial score (nSPS) is 21.1. The van der Waals surface area contributed by atoms with Gasteiger partial charge in [0.05, 0.1) is 31.1 Å². The molecule has 0 radical (unpaired) electrons. The summed E-state index contributed by atoms with van der Waals surface area (Å²) in [4.78, 5) is 49.3. The summed E-state index contributed by atoms with van der Waals surface area (Å²) in [5, 5.41) is 14.8. The van der Waals surface area contributed by atoms with E-state index in [1.165, 1.54) is 10.9 Å². The van der Waals surface area contributed by atoms with Gasteiger partial charge in [0, 0.05) is 6.04 Å². The van der Waals surface area contributed by atoms with Gasteiger partial charge in [0.25, 0.3) is 0 Å². The summed E-state index contributed by atoms with van der Waals surface area (Å²) in [6.45, 7) is 7.49. The molecule has 19 nitrogen and oxygen atoms in total. The molecule has 0 aromatic carbocycles. The van der Waals surface area contributed by atoms with Crippen molar-refractivity contribution in [3.8, 4) is 0 Å². The quantitative estimate of drug-likeness (QED) is 0.0717. The molecule has 2 aromatic heterocycles. The lowest BCUT2D eigenvalue weighted by atomic mass is 10.1. The van der Waals surface area contributed by atoms with Gasteiger partial charge in [0.1, 0.15) is 18.6 Å². The van der Waals surface area contributed by atoms with Gasteiger partial charge in [-0.2, -0.15) is 9.97 Å². The van der Waals surface area contributed by atoms with Gasteiger partial charge < -0.3 is 43.6 Å². The molecule has 21 heteroatoms. The molecular formula is C30H45ClN5O14P. The van der Waals surface area contributed by atoms with Gasteiger partial charge in [0.15, 0.2) is 29.3 Å². The van der Waals surface area contributed by atoms with Crippen molar-refractivity contribution >= 4 is 54.5 Å². The van der Waals surface area contributed by atoms with Crippen LogP contribution in [0.1, 0.15) is 73.5 Å². The smallest absolute Gasteiger partial charge is 0.456 e. The highest BCUT2D eigenvalue weighted by atomic mass is 35.5. The Balaban J connectivity index is 1.49. The first-order valence-electron chi connectivity index (χ1n) is 16.5. The third-order valence-electron chi connectivity index (χ3n) is 7.45. The van der Waals surface area contributed by atoms with Gasteiger partial charge in [-0.25, -0.2) is 14.6 Å². The molecule has 1 aliphatic carbocycles. The number of nitrogens with zero attached hydrogens (tertiary/aromatic N) is 4. The van der Waals surface area contributed by atoms with Crippen molar-refractivity contribution in [2.45, 2.75) is 110 Å². The first-order chi connectivity index (χ1) is 24.2. The predicted molar refractivity (Wildman–Crippen MR) is 177 cm³/mol. The van der Waals surface area contributed by atoms with E-state index in [1.807, 2.05) is 0 Å². The van der Waals surface area contributed by atoms with Gasteiger partial charge in [-0.15, -0.1) is 0 Å². The maximum atomic E-state index is 13.5. The number of hydrogen-bond donors (Lipinski definition) is 2. The van der Waals surface area contributed by atoms with Crippen LogP contribution in [-0.4, -0.2) is 106 Å². The Hall–Kier alpha value is -3.32. The molecule has 4 unspecified atom stereocenters. The lowest BCUT2D eigenvalue weighted by molar-refractivity contribution is -0.161. The van der Waals surface area contributed by atoms with Gasteiger partial charge in [-0.3, -0.25) is 23.0 Å². The summed E-state index contributed by atoms with van der Waals surface area (Å²) < 4.78 is 62.0. The van der Waals surface area contributed by atoms with Gasteiger partial charge >= 0.3 is 25.9 Å². The number of imidazole rings is 1. The fourth-order valence-electron chi connectivity index (χ4n) is 5.09. The molecule has 2 aliphatic rings. The third-order valence-corrected chi connectivity index (χ3v) is 9.11. The van der Waals surface area contributed by atoms with Crippen LogP contribution < -0.4 is 5.32 Å². The minimum absolute atomic E-state index is 0.0569. The number of halogens is 1. The van der Waals surface area contributed by atoms with Crippen LogP contribution >= 0.6 is 19.2 Å². The van der Waals surface area contributed by atoms with Gasteiger partial charge in [0.2, 0.25) is 18.9 Å². The first-order valence-corrected chi connectivity index (χ1v) is 18.6. The highest BCUT2D eigenvalue weighted by Crippen LogP contribution is 2.48. The second-order valence-electron chi connectivity index (χ2n) is 12.6. The molecule has 0 bridgehead atoms. The number of hydrogen-bond acceptors (Lipinski definition) is 18. The van der Waals surface area contributed by atoms with Crippen LogP contribution in [0, 0.1) is 5.92 Å². The summed E-state index contributed by atoms with van der Waals surface area (Å²) >= 11 is 6.29. The van der Waals surface area contributed by atoms with E-state index >= 15 is 0 Å². The van der Waals surface area contributed by atoms with Crippen molar-refractivity contribution in [2.24, 2.45) is 5.92 Å². The fraction of sp³-hybridized carbons (Fsp3) is 0.733. The minimum Gasteiger partial charge on any atom is -0.456 e. The number of esters is 1. The van der Waals surface area contributed by atoms with Crippen molar-refractivity contribution in [3.63, 3.8) is 0 Å². The highest BCUT2D eigenvalue weighted by molar-refractivity contribution is 7.53. The Morgan fingerprint density at radius 1 is 1.02 bits per heavy atom. The number of nitrogens with one attached hydrogen (secondary N) is 1. The zero-order chi connectivity index (χ0) is 37.3. The summed E-state index contributed by atoms with van der Waals surface area (Å²) in [5.41, 5.74) is 0.653. The highest BCUT2D eigenvalue weighted by Gasteiger charge is 2.48. The zero-order valence-electron chi connectivity index (χ0n) is 29.2. The number of fused-ring (bicyclic) bond motifs is 1. The zero-order valence-corrected chi connectivity index (χ0v) is 30.9. The third kappa shape index (κ3) is 11.6. The van der Waals surface area contributed by atoms with Crippen LogP contribution in [0.25, 0.3) is 11.2 Å². The summed E-state index contributed by atoms with van der Waals surface area (Å²) in [5.74, 6) is -0.732.